The Labute approximate surface area is 82.0 Å². The number of hydrogen-bond donors (Lipinski definition) is 1. The van der Waals surface area contributed by atoms with Gasteiger partial charge in [-0.25, -0.2) is 4.98 Å². The van der Waals surface area contributed by atoms with E-state index < -0.39 is 0 Å². The van der Waals surface area contributed by atoms with E-state index in [9.17, 15) is 0 Å². The first-order valence-electron chi connectivity index (χ1n) is 4.38. The maximum Gasteiger partial charge on any atom is 0.138 e. The van der Waals surface area contributed by atoms with Crippen LogP contribution in [0.15, 0.2) is 30.7 Å². The Morgan fingerprint density at radius 1 is 1.43 bits per heavy atom. The minimum absolute atomic E-state index is 0.493. The Morgan fingerprint density at radius 3 is 3.00 bits per heavy atom. The second-order valence-corrected chi connectivity index (χ2v) is 2.97. The van der Waals surface area contributed by atoms with Crippen LogP contribution < -0.4 is 4.74 Å². The van der Waals surface area contributed by atoms with Crippen LogP contribution >= 0.6 is 0 Å². The summed E-state index contributed by atoms with van der Waals surface area (Å²) in [4.78, 5) is 11.1. The number of H-pyrrole nitrogens is 1. The summed E-state index contributed by atoms with van der Waals surface area (Å²) in [6.45, 7) is 2.40. The summed E-state index contributed by atoms with van der Waals surface area (Å²) < 4.78 is 5.47. The van der Waals surface area contributed by atoms with E-state index in [0.717, 1.165) is 17.3 Å². The van der Waals surface area contributed by atoms with E-state index in [0.29, 0.717) is 6.61 Å². The van der Waals surface area contributed by atoms with Gasteiger partial charge in [0.05, 0.1) is 18.1 Å². The molecule has 0 bridgehead atoms. The molecule has 14 heavy (non-hydrogen) atoms. The molecule has 0 aliphatic carbocycles. The van der Waals surface area contributed by atoms with Gasteiger partial charge in [-0.2, -0.15) is 0 Å². The van der Waals surface area contributed by atoms with Gasteiger partial charge in [0.2, 0.25) is 0 Å². The van der Waals surface area contributed by atoms with Gasteiger partial charge < -0.3 is 9.72 Å². The molecule has 2 aromatic rings. The number of aryl methyl sites for hydroxylation is 1. The Balaban J connectivity index is 1.95. The van der Waals surface area contributed by atoms with Crippen LogP contribution in [0.4, 0.5) is 0 Å². The van der Waals surface area contributed by atoms with E-state index in [2.05, 4.69) is 15.0 Å². The number of aromatic nitrogens is 3. The standard InChI is InChI=1S/C10H11N3O/c1-8-12-5-9(13-8)7-14-10-3-2-4-11-6-10/h2-6H,7H2,1H3,(H,12,13). The highest BCUT2D eigenvalue weighted by Crippen LogP contribution is 2.08. The highest BCUT2D eigenvalue weighted by Gasteiger charge is 1.97. The first kappa shape index (κ1) is 8.74. The number of imidazole rings is 1. The summed E-state index contributed by atoms with van der Waals surface area (Å²) >= 11 is 0. The smallest absolute Gasteiger partial charge is 0.138 e. The summed E-state index contributed by atoms with van der Waals surface area (Å²) in [6.07, 6.45) is 5.17. The zero-order valence-electron chi connectivity index (χ0n) is 7.90. The molecule has 0 radical (unpaired) electrons. The predicted octanol–water partition coefficient (Wildman–Crippen LogP) is 1.69. The van der Waals surface area contributed by atoms with Gasteiger partial charge in [-0.05, 0) is 19.1 Å². The summed E-state index contributed by atoms with van der Waals surface area (Å²) in [7, 11) is 0. The van der Waals surface area contributed by atoms with Gasteiger partial charge in [-0.1, -0.05) is 0 Å². The van der Waals surface area contributed by atoms with E-state index in [1.165, 1.54) is 0 Å². The molecule has 0 unspecified atom stereocenters. The lowest BCUT2D eigenvalue weighted by atomic mass is 10.4. The average Bonchev–Trinajstić information content (AvgIpc) is 2.63. The lowest BCUT2D eigenvalue weighted by Crippen LogP contribution is -1.95. The number of hydrogen-bond acceptors (Lipinski definition) is 3. The second kappa shape index (κ2) is 3.91. The van der Waals surface area contributed by atoms with Crippen LogP contribution in [0.1, 0.15) is 11.5 Å². The van der Waals surface area contributed by atoms with Crippen LogP contribution in [-0.2, 0) is 6.61 Å². The highest BCUT2D eigenvalue weighted by atomic mass is 16.5. The third kappa shape index (κ3) is 2.10. The SMILES string of the molecule is Cc1ncc(COc2cccnc2)[nH]1. The molecule has 0 aromatic carbocycles. The van der Waals surface area contributed by atoms with E-state index in [1.54, 1.807) is 18.6 Å². The van der Waals surface area contributed by atoms with Crippen molar-refractivity contribution in [2.24, 2.45) is 0 Å². The Morgan fingerprint density at radius 2 is 2.36 bits per heavy atom. The van der Waals surface area contributed by atoms with Crippen molar-refractivity contribution in [3.05, 3.63) is 42.2 Å². The average molecular weight is 189 g/mol. The lowest BCUT2D eigenvalue weighted by Gasteiger charge is -2.02. The van der Waals surface area contributed by atoms with Gasteiger partial charge >= 0.3 is 0 Å². The molecule has 2 rings (SSSR count). The molecule has 0 saturated carbocycles. The number of nitrogens with zero attached hydrogens (tertiary/aromatic N) is 2. The fraction of sp³-hybridized carbons (Fsp3) is 0.200. The van der Waals surface area contributed by atoms with E-state index >= 15 is 0 Å². The van der Waals surface area contributed by atoms with Crippen molar-refractivity contribution < 1.29 is 4.74 Å². The van der Waals surface area contributed by atoms with Crippen molar-refractivity contribution in [1.82, 2.24) is 15.0 Å². The molecular formula is C10H11N3O. The normalized spacial score (nSPS) is 10.1. The maximum absolute atomic E-state index is 5.47. The van der Waals surface area contributed by atoms with Gasteiger partial charge in [0, 0.05) is 6.20 Å². The van der Waals surface area contributed by atoms with Crippen molar-refractivity contribution >= 4 is 0 Å². The number of aromatic amines is 1. The van der Waals surface area contributed by atoms with Crippen molar-refractivity contribution in [1.29, 1.82) is 0 Å². The molecule has 2 heterocycles. The highest BCUT2D eigenvalue weighted by molar-refractivity contribution is 5.15. The van der Waals surface area contributed by atoms with Crippen LogP contribution in [0.2, 0.25) is 0 Å². The third-order valence-corrected chi connectivity index (χ3v) is 1.78. The second-order valence-electron chi connectivity index (χ2n) is 2.97. The molecular weight excluding hydrogens is 178 g/mol. The van der Waals surface area contributed by atoms with Crippen molar-refractivity contribution in [2.45, 2.75) is 13.5 Å². The number of ether oxygens (including phenoxy) is 1. The van der Waals surface area contributed by atoms with E-state index in [-0.39, 0.29) is 0 Å². The van der Waals surface area contributed by atoms with E-state index in [1.807, 2.05) is 19.1 Å². The van der Waals surface area contributed by atoms with Gasteiger partial charge in [0.1, 0.15) is 18.2 Å². The molecule has 0 spiro atoms. The zero-order chi connectivity index (χ0) is 9.80. The Bertz CT molecular complexity index is 397. The predicted molar refractivity (Wildman–Crippen MR) is 51.9 cm³/mol. The molecule has 0 saturated heterocycles. The minimum atomic E-state index is 0.493. The molecule has 4 heteroatoms. The fourth-order valence-corrected chi connectivity index (χ4v) is 1.14. The molecule has 0 aliphatic heterocycles. The maximum atomic E-state index is 5.47. The Kier molecular flexibility index (Phi) is 2.44. The number of pyridine rings is 1. The van der Waals surface area contributed by atoms with Gasteiger partial charge in [-0.3, -0.25) is 4.98 Å². The first-order valence-corrected chi connectivity index (χ1v) is 4.38. The fourth-order valence-electron chi connectivity index (χ4n) is 1.14. The quantitative estimate of drug-likeness (QED) is 0.799. The van der Waals surface area contributed by atoms with E-state index in [4.69, 9.17) is 4.74 Å². The summed E-state index contributed by atoms with van der Waals surface area (Å²) in [6, 6.07) is 3.71. The summed E-state index contributed by atoms with van der Waals surface area (Å²) in [5, 5.41) is 0. The summed E-state index contributed by atoms with van der Waals surface area (Å²) in [5.74, 6) is 1.66. The van der Waals surface area contributed by atoms with Crippen molar-refractivity contribution in [3.63, 3.8) is 0 Å². The molecule has 1 N–H and O–H groups in total. The number of nitrogens with one attached hydrogen (secondary N) is 1. The number of rotatable bonds is 3. The van der Waals surface area contributed by atoms with Crippen molar-refractivity contribution in [2.75, 3.05) is 0 Å². The molecule has 0 atom stereocenters. The minimum Gasteiger partial charge on any atom is -0.486 e. The molecule has 0 fully saturated rings. The molecule has 72 valence electrons. The van der Waals surface area contributed by atoms with Gasteiger partial charge in [0.25, 0.3) is 0 Å². The Hall–Kier alpha value is -1.84. The lowest BCUT2D eigenvalue weighted by molar-refractivity contribution is 0.300. The summed E-state index contributed by atoms with van der Waals surface area (Å²) in [5.41, 5.74) is 0.964. The first-order chi connectivity index (χ1) is 6.84. The monoisotopic (exact) mass is 189 g/mol. The topological polar surface area (TPSA) is 50.8 Å². The molecule has 0 aliphatic rings. The molecule has 0 amide bonds. The van der Waals surface area contributed by atoms with Crippen LogP contribution in [0.3, 0.4) is 0 Å². The molecule has 4 nitrogen and oxygen atoms in total. The zero-order valence-corrected chi connectivity index (χ0v) is 7.90. The van der Waals surface area contributed by atoms with Gasteiger partial charge in [-0.15, -0.1) is 0 Å². The van der Waals surface area contributed by atoms with Gasteiger partial charge in [0.15, 0.2) is 0 Å². The van der Waals surface area contributed by atoms with Crippen LogP contribution in [0.25, 0.3) is 0 Å². The van der Waals surface area contributed by atoms with Crippen molar-refractivity contribution in [3.8, 4) is 5.75 Å². The van der Waals surface area contributed by atoms with Crippen LogP contribution in [0.5, 0.6) is 5.75 Å². The largest absolute Gasteiger partial charge is 0.486 e. The third-order valence-electron chi connectivity index (χ3n) is 1.78. The van der Waals surface area contributed by atoms with Crippen LogP contribution in [-0.4, -0.2) is 15.0 Å². The van der Waals surface area contributed by atoms with Crippen LogP contribution in [0, 0.1) is 6.92 Å². The molecule has 2 aromatic heterocycles.